The third-order valence-electron chi connectivity index (χ3n) is 0.749. The van der Waals surface area contributed by atoms with Crippen molar-refractivity contribution in [2.45, 2.75) is 6.36 Å². The van der Waals surface area contributed by atoms with Gasteiger partial charge in [-0.15, -0.1) is 0 Å². The fourth-order valence-electron chi connectivity index (χ4n) is 0.386. The maximum absolute atomic E-state index is 11.9. The predicted octanol–water partition coefficient (Wildman–Crippen LogP) is 1.68. The second kappa shape index (κ2) is 1.94. The van der Waals surface area contributed by atoms with Crippen molar-refractivity contribution < 1.29 is 13.5 Å². The molecule has 1 unspecified atom stereocenters. The van der Waals surface area contributed by atoms with Crippen molar-refractivity contribution in [1.82, 2.24) is 0 Å². The molecule has 0 aromatic rings. The quantitative estimate of drug-likeness (QED) is 0.470. The smallest absolute Gasteiger partial charge is 0.289 e. The SMILES string of the molecule is FC1=CC=COC1F. The van der Waals surface area contributed by atoms with Gasteiger partial charge in [0, 0.05) is 0 Å². The van der Waals surface area contributed by atoms with Crippen LogP contribution >= 0.6 is 0 Å². The number of hydrogen-bond donors (Lipinski definition) is 0. The van der Waals surface area contributed by atoms with E-state index in [0.717, 1.165) is 12.3 Å². The molecule has 44 valence electrons. The summed E-state index contributed by atoms with van der Waals surface area (Å²) in [5.41, 5.74) is 0. The Hall–Kier alpha value is -0.860. The molecule has 0 saturated carbocycles. The Labute approximate surface area is 45.3 Å². The number of allylic oxidation sites excluding steroid dienone is 2. The molecular formula is C5H4F2O. The molecule has 0 aromatic carbocycles. The Morgan fingerprint density at radius 3 is 2.75 bits per heavy atom. The number of alkyl halides is 1. The maximum atomic E-state index is 11.9. The van der Waals surface area contributed by atoms with Crippen LogP contribution in [0.15, 0.2) is 24.2 Å². The molecule has 1 aliphatic heterocycles. The topological polar surface area (TPSA) is 9.23 Å². The molecule has 0 fully saturated rings. The van der Waals surface area contributed by atoms with Crippen molar-refractivity contribution in [2.75, 3.05) is 0 Å². The average molecular weight is 118 g/mol. The molecule has 0 aromatic heterocycles. The molecule has 1 aliphatic rings. The molecule has 1 nitrogen and oxygen atoms in total. The summed E-state index contributed by atoms with van der Waals surface area (Å²) < 4.78 is 27.8. The second-order valence-electron chi connectivity index (χ2n) is 1.33. The van der Waals surface area contributed by atoms with E-state index in [1.54, 1.807) is 0 Å². The van der Waals surface area contributed by atoms with Crippen LogP contribution < -0.4 is 0 Å². The summed E-state index contributed by atoms with van der Waals surface area (Å²) in [5, 5.41) is 0. The largest absolute Gasteiger partial charge is 0.462 e. The van der Waals surface area contributed by atoms with E-state index >= 15 is 0 Å². The molecule has 0 saturated heterocycles. The van der Waals surface area contributed by atoms with Gasteiger partial charge in [-0.05, 0) is 12.2 Å². The maximum Gasteiger partial charge on any atom is 0.289 e. The van der Waals surface area contributed by atoms with Crippen LogP contribution in [-0.4, -0.2) is 6.36 Å². The first-order valence-electron chi connectivity index (χ1n) is 2.12. The van der Waals surface area contributed by atoms with Crippen molar-refractivity contribution >= 4 is 0 Å². The van der Waals surface area contributed by atoms with E-state index in [0.29, 0.717) is 0 Å². The van der Waals surface area contributed by atoms with Gasteiger partial charge in [-0.25, -0.2) is 4.39 Å². The van der Waals surface area contributed by atoms with Crippen LogP contribution in [0.2, 0.25) is 0 Å². The summed E-state index contributed by atoms with van der Waals surface area (Å²) in [6.07, 6.45) is 1.54. The van der Waals surface area contributed by atoms with Crippen molar-refractivity contribution in [2.24, 2.45) is 0 Å². The molecule has 0 bridgehead atoms. The second-order valence-corrected chi connectivity index (χ2v) is 1.33. The Morgan fingerprint density at radius 2 is 2.38 bits per heavy atom. The van der Waals surface area contributed by atoms with Crippen LogP contribution in [0.3, 0.4) is 0 Å². The lowest BCUT2D eigenvalue weighted by molar-refractivity contribution is 0.0346. The predicted molar refractivity (Wildman–Crippen MR) is 24.3 cm³/mol. The molecule has 0 aliphatic carbocycles. The van der Waals surface area contributed by atoms with Gasteiger partial charge < -0.3 is 4.74 Å². The van der Waals surface area contributed by atoms with Crippen LogP contribution in [0.1, 0.15) is 0 Å². The highest BCUT2D eigenvalue weighted by molar-refractivity contribution is 5.10. The first kappa shape index (κ1) is 5.28. The van der Waals surface area contributed by atoms with E-state index in [1.165, 1.54) is 6.08 Å². The zero-order valence-electron chi connectivity index (χ0n) is 3.97. The van der Waals surface area contributed by atoms with E-state index in [9.17, 15) is 8.78 Å². The number of hydrogen-bond acceptors (Lipinski definition) is 1. The Morgan fingerprint density at radius 1 is 1.62 bits per heavy atom. The molecule has 8 heavy (non-hydrogen) atoms. The number of halogens is 2. The van der Waals surface area contributed by atoms with Gasteiger partial charge in [-0.1, -0.05) is 0 Å². The van der Waals surface area contributed by atoms with Gasteiger partial charge in [0.2, 0.25) is 0 Å². The van der Waals surface area contributed by atoms with E-state index in [-0.39, 0.29) is 0 Å². The highest BCUT2D eigenvalue weighted by atomic mass is 19.2. The summed E-state index contributed by atoms with van der Waals surface area (Å²) >= 11 is 0. The molecule has 3 heteroatoms. The third kappa shape index (κ3) is 0.857. The van der Waals surface area contributed by atoms with Gasteiger partial charge in [0.25, 0.3) is 6.36 Å². The van der Waals surface area contributed by atoms with Crippen molar-refractivity contribution in [3.8, 4) is 0 Å². The highest BCUT2D eigenvalue weighted by Gasteiger charge is 2.12. The summed E-state index contributed by atoms with van der Waals surface area (Å²) in [7, 11) is 0. The summed E-state index contributed by atoms with van der Waals surface area (Å²) in [5.74, 6) is -0.882. The van der Waals surface area contributed by atoms with Crippen molar-refractivity contribution in [3.63, 3.8) is 0 Å². The summed E-state index contributed by atoms with van der Waals surface area (Å²) in [4.78, 5) is 0. The Bertz CT molecular complexity index is 139. The van der Waals surface area contributed by atoms with Gasteiger partial charge in [0.05, 0.1) is 6.26 Å². The van der Waals surface area contributed by atoms with Gasteiger partial charge in [-0.2, -0.15) is 4.39 Å². The highest BCUT2D eigenvalue weighted by Crippen LogP contribution is 2.13. The van der Waals surface area contributed by atoms with Gasteiger partial charge in [-0.3, -0.25) is 0 Å². The minimum Gasteiger partial charge on any atom is -0.462 e. The summed E-state index contributed by atoms with van der Waals surface area (Å²) in [6, 6.07) is 0. The molecule has 1 heterocycles. The van der Waals surface area contributed by atoms with Crippen molar-refractivity contribution in [3.05, 3.63) is 24.2 Å². The number of ether oxygens (including phenoxy) is 1. The Balaban J connectivity index is 2.66. The first-order chi connectivity index (χ1) is 3.80. The monoisotopic (exact) mass is 118 g/mol. The lowest BCUT2D eigenvalue weighted by atomic mass is 10.4. The molecule has 0 amide bonds. The lowest BCUT2D eigenvalue weighted by Gasteiger charge is -2.06. The van der Waals surface area contributed by atoms with Gasteiger partial charge >= 0.3 is 0 Å². The van der Waals surface area contributed by atoms with Crippen LogP contribution in [0, 0.1) is 0 Å². The molecule has 1 atom stereocenters. The molecule has 1 rings (SSSR count). The molecule has 0 radical (unpaired) electrons. The molecule has 0 spiro atoms. The fraction of sp³-hybridized carbons (Fsp3) is 0.200. The fourth-order valence-corrected chi connectivity index (χ4v) is 0.386. The Kier molecular flexibility index (Phi) is 1.28. The normalized spacial score (nSPS) is 26.8. The first-order valence-corrected chi connectivity index (χ1v) is 2.12. The van der Waals surface area contributed by atoms with Crippen LogP contribution in [0.5, 0.6) is 0 Å². The summed E-state index contributed by atoms with van der Waals surface area (Å²) in [6.45, 7) is 0. The van der Waals surface area contributed by atoms with E-state index in [2.05, 4.69) is 4.74 Å². The minimum atomic E-state index is -1.89. The van der Waals surface area contributed by atoms with Crippen LogP contribution in [0.4, 0.5) is 8.78 Å². The average Bonchev–Trinajstić information content (AvgIpc) is 1.77. The zero-order chi connectivity index (χ0) is 5.98. The third-order valence-corrected chi connectivity index (χ3v) is 0.749. The van der Waals surface area contributed by atoms with Gasteiger partial charge in [0.15, 0.2) is 5.83 Å². The van der Waals surface area contributed by atoms with E-state index < -0.39 is 12.2 Å². The van der Waals surface area contributed by atoms with Crippen molar-refractivity contribution in [1.29, 1.82) is 0 Å². The van der Waals surface area contributed by atoms with Gasteiger partial charge in [0.1, 0.15) is 0 Å². The van der Waals surface area contributed by atoms with Crippen LogP contribution in [0.25, 0.3) is 0 Å². The van der Waals surface area contributed by atoms with E-state index in [4.69, 9.17) is 0 Å². The van der Waals surface area contributed by atoms with E-state index in [1.807, 2.05) is 0 Å². The molecular weight excluding hydrogens is 114 g/mol. The molecule has 0 N–H and O–H groups in total. The lowest BCUT2D eigenvalue weighted by Crippen LogP contribution is -2.04. The minimum absolute atomic E-state index is 0.882. The van der Waals surface area contributed by atoms with Crippen LogP contribution in [-0.2, 0) is 4.74 Å². The standard InChI is InChI=1S/C5H4F2O/c6-4-2-1-3-8-5(4)7/h1-3,5H. The zero-order valence-corrected chi connectivity index (χ0v) is 3.97. The number of rotatable bonds is 0.